The van der Waals surface area contributed by atoms with Crippen LogP contribution in [0.15, 0.2) is 28.1 Å². The number of aliphatic imine (C=N–C) groups is 1. The summed E-state index contributed by atoms with van der Waals surface area (Å²) >= 11 is 4.76. The maximum Gasteiger partial charge on any atom is 0.279 e. The molecule has 0 radical (unpaired) electrons. The molecule has 0 amide bonds. The van der Waals surface area contributed by atoms with Crippen LogP contribution in [0.2, 0.25) is 0 Å². The van der Waals surface area contributed by atoms with Gasteiger partial charge in [0.2, 0.25) is 0 Å². The fourth-order valence-electron chi connectivity index (χ4n) is 1.18. The van der Waals surface area contributed by atoms with E-state index in [-0.39, 0.29) is 16.3 Å². The fourth-order valence-corrected chi connectivity index (χ4v) is 1.39. The van der Waals surface area contributed by atoms with Crippen molar-refractivity contribution in [2.24, 2.45) is 4.99 Å². The molecule has 0 bridgehead atoms. The minimum absolute atomic E-state index is 0.114. The molecular weight excluding hydrogens is 226 g/mol. The van der Waals surface area contributed by atoms with E-state index >= 15 is 0 Å². The van der Waals surface area contributed by atoms with E-state index in [1.165, 1.54) is 6.21 Å². The molecule has 0 saturated heterocycles. The van der Waals surface area contributed by atoms with Crippen molar-refractivity contribution < 1.29 is 0 Å². The smallest absolute Gasteiger partial charge is 0.279 e. The highest BCUT2D eigenvalue weighted by atomic mass is 32.1. The van der Waals surface area contributed by atoms with Gasteiger partial charge in [0, 0.05) is 6.20 Å². The maximum atomic E-state index is 11.5. The monoisotopic (exact) mass is 235 g/mol. The minimum atomic E-state index is -0.413. The summed E-state index contributed by atoms with van der Waals surface area (Å²) < 4.78 is 0.182. The van der Waals surface area contributed by atoms with Crippen molar-refractivity contribution in [2.75, 3.05) is 5.73 Å². The lowest BCUT2D eigenvalue weighted by atomic mass is 10.4. The summed E-state index contributed by atoms with van der Waals surface area (Å²) in [5.41, 5.74) is 6.08. The number of hydrogen-bond acceptors (Lipinski definition) is 4. The van der Waals surface area contributed by atoms with E-state index in [0.29, 0.717) is 0 Å². The van der Waals surface area contributed by atoms with Gasteiger partial charge in [-0.15, -0.1) is 0 Å². The predicted octanol–water partition coefficient (Wildman–Crippen LogP) is 1.09. The molecule has 0 saturated carbocycles. The summed E-state index contributed by atoms with van der Waals surface area (Å²) in [6.45, 7) is 0. The molecule has 0 unspecified atom stereocenters. The molecule has 0 aliphatic carbocycles. The van der Waals surface area contributed by atoms with Crippen LogP contribution < -0.4 is 11.3 Å². The van der Waals surface area contributed by atoms with Gasteiger partial charge in [-0.25, -0.2) is 4.99 Å². The van der Waals surface area contributed by atoms with E-state index in [9.17, 15) is 4.79 Å². The molecule has 2 heterocycles. The molecule has 0 aromatic carbocycles. The molecule has 2 aromatic heterocycles. The number of rotatable bonds is 2. The van der Waals surface area contributed by atoms with Crippen LogP contribution in [0.1, 0.15) is 5.69 Å². The predicted molar refractivity (Wildman–Crippen MR) is 64.7 cm³/mol. The first-order valence-electron chi connectivity index (χ1n) is 4.46. The number of nitrogen functional groups attached to an aromatic ring is 1. The molecule has 16 heavy (non-hydrogen) atoms. The average Bonchev–Trinajstić information content (AvgIpc) is 2.68. The minimum Gasteiger partial charge on any atom is -0.383 e. The van der Waals surface area contributed by atoms with Crippen molar-refractivity contribution >= 4 is 29.9 Å². The Kier molecular flexibility index (Phi) is 2.69. The second-order valence-corrected chi connectivity index (χ2v) is 3.46. The number of H-pyrrole nitrogens is 3. The van der Waals surface area contributed by atoms with Gasteiger partial charge in [-0.05, 0) is 24.4 Å². The Bertz CT molecular complexity index is 622. The Hall–Kier alpha value is -2.15. The summed E-state index contributed by atoms with van der Waals surface area (Å²) in [6.07, 6.45) is 3.27. The lowest BCUT2D eigenvalue weighted by molar-refractivity contribution is 1.09. The lowest BCUT2D eigenvalue weighted by Gasteiger charge is -1.97. The first-order valence-corrected chi connectivity index (χ1v) is 4.87. The van der Waals surface area contributed by atoms with Crippen molar-refractivity contribution in [1.29, 1.82) is 0 Å². The molecule has 2 rings (SSSR count). The fraction of sp³-hybridized carbons (Fsp3) is 0. The zero-order chi connectivity index (χ0) is 11.5. The van der Waals surface area contributed by atoms with Gasteiger partial charge in [-0.3, -0.25) is 9.78 Å². The lowest BCUT2D eigenvalue weighted by Crippen LogP contribution is -2.10. The number of aromatic nitrogens is 3. The van der Waals surface area contributed by atoms with Crippen molar-refractivity contribution in [2.45, 2.75) is 0 Å². The number of aromatic amines is 3. The Balaban J connectivity index is 2.43. The largest absolute Gasteiger partial charge is 0.383 e. The van der Waals surface area contributed by atoms with Crippen molar-refractivity contribution in [1.82, 2.24) is 15.0 Å². The molecule has 6 nitrogen and oxygen atoms in total. The number of nitrogens with two attached hydrogens (primary N) is 1. The van der Waals surface area contributed by atoms with Crippen molar-refractivity contribution in [3.63, 3.8) is 0 Å². The highest BCUT2D eigenvalue weighted by Gasteiger charge is 2.02. The summed E-state index contributed by atoms with van der Waals surface area (Å²) in [5.74, 6) is 0.150. The van der Waals surface area contributed by atoms with Crippen LogP contribution >= 0.6 is 12.2 Å². The normalized spacial score (nSPS) is 11.0. The molecule has 7 heteroatoms. The van der Waals surface area contributed by atoms with Crippen molar-refractivity contribution in [3.05, 3.63) is 39.1 Å². The number of nitrogens with one attached hydrogen (secondary N) is 3. The molecule has 82 valence electrons. The van der Waals surface area contributed by atoms with E-state index in [2.05, 4.69) is 19.9 Å². The van der Waals surface area contributed by atoms with E-state index in [4.69, 9.17) is 18.0 Å². The highest BCUT2D eigenvalue weighted by Crippen LogP contribution is 2.11. The van der Waals surface area contributed by atoms with Crippen LogP contribution in [0, 0.1) is 4.77 Å². The first kappa shape index (κ1) is 10.4. The third-order valence-electron chi connectivity index (χ3n) is 1.90. The third-order valence-corrected chi connectivity index (χ3v) is 2.10. The van der Waals surface area contributed by atoms with Gasteiger partial charge in [0.25, 0.3) is 5.56 Å². The quantitative estimate of drug-likeness (QED) is 0.462. The zero-order valence-corrected chi connectivity index (χ0v) is 8.97. The second kappa shape index (κ2) is 4.15. The van der Waals surface area contributed by atoms with Crippen LogP contribution in [0.25, 0.3) is 0 Å². The summed E-state index contributed by atoms with van der Waals surface area (Å²) in [4.78, 5) is 23.4. The first-order chi connectivity index (χ1) is 7.66. The number of anilines is 1. The van der Waals surface area contributed by atoms with Crippen LogP contribution in [-0.2, 0) is 0 Å². The van der Waals surface area contributed by atoms with Crippen LogP contribution in [0.4, 0.5) is 11.5 Å². The summed E-state index contributed by atoms with van der Waals surface area (Å²) in [5, 5.41) is 0. The summed E-state index contributed by atoms with van der Waals surface area (Å²) in [7, 11) is 0. The average molecular weight is 235 g/mol. The maximum absolute atomic E-state index is 11.5. The van der Waals surface area contributed by atoms with E-state index in [0.717, 1.165) is 5.69 Å². The van der Waals surface area contributed by atoms with Gasteiger partial charge in [0.05, 0.1) is 11.9 Å². The standard InChI is InChI=1S/C9H9N5OS/c10-7-6(8(15)14-9(16)13-7)12-4-5-2-1-3-11-5/h1-4,11H,(H4,10,13,14,15,16). The summed E-state index contributed by atoms with van der Waals surface area (Å²) in [6, 6.07) is 3.65. The van der Waals surface area contributed by atoms with Gasteiger partial charge >= 0.3 is 0 Å². The number of hydrogen-bond donors (Lipinski definition) is 4. The molecular formula is C9H9N5OS. The third kappa shape index (κ3) is 2.09. The van der Waals surface area contributed by atoms with E-state index < -0.39 is 5.56 Å². The van der Waals surface area contributed by atoms with Gasteiger partial charge in [-0.1, -0.05) is 0 Å². The Morgan fingerprint density at radius 1 is 1.44 bits per heavy atom. The van der Waals surface area contributed by atoms with Gasteiger partial charge < -0.3 is 15.7 Å². The van der Waals surface area contributed by atoms with E-state index in [1.54, 1.807) is 6.20 Å². The van der Waals surface area contributed by atoms with Crippen LogP contribution in [0.3, 0.4) is 0 Å². The van der Waals surface area contributed by atoms with Crippen LogP contribution in [-0.4, -0.2) is 21.2 Å². The van der Waals surface area contributed by atoms with Gasteiger partial charge in [-0.2, -0.15) is 0 Å². The highest BCUT2D eigenvalue weighted by molar-refractivity contribution is 7.71. The number of nitrogens with zero attached hydrogens (tertiary/aromatic N) is 1. The molecule has 0 aliphatic rings. The van der Waals surface area contributed by atoms with Crippen LogP contribution in [0.5, 0.6) is 0 Å². The van der Waals surface area contributed by atoms with Crippen molar-refractivity contribution in [3.8, 4) is 0 Å². The van der Waals surface area contributed by atoms with E-state index in [1.807, 2.05) is 12.1 Å². The molecule has 0 aliphatic heterocycles. The molecule has 2 aromatic rings. The molecule has 0 spiro atoms. The SMILES string of the molecule is Nc1[nH]c(=S)[nH]c(=O)c1N=Cc1ccc[nH]1. The molecule has 0 fully saturated rings. The Morgan fingerprint density at radius 3 is 2.88 bits per heavy atom. The van der Waals surface area contributed by atoms with Gasteiger partial charge in [0.15, 0.2) is 10.5 Å². The van der Waals surface area contributed by atoms with Gasteiger partial charge in [0.1, 0.15) is 5.82 Å². The molecule has 0 atom stereocenters. The Labute approximate surface area is 95.3 Å². The molecule has 5 N–H and O–H groups in total. The zero-order valence-electron chi connectivity index (χ0n) is 8.15. The Morgan fingerprint density at radius 2 is 2.25 bits per heavy atom. The topological polar surface area (TPSA) is 103 Å². The second-order valence-electron chi connectivity index (χ2n) is 3.05.